The minimum atomic E-state index is -0.198. The number of nitrogens with one attached hydrogen (secondary N) is 1. The molecule has 0 saturated carbocycles. The molecule has 0 aliphatic carbocycles. The van der Waals surface area contributed by atoms with Crippen LogP contribution in [0.25, 0.3) is 0 Å². The molecule has 2 amide bonds. The van der Waals surface area contributed by atoms with Gasteiger partial charge >= 0.3 is 0 Å². The number of amides is 2. The Morgan fingerprint density at radius 1 is 1.00 bits per heavy atom. The second-order valence-corrected chi connectivity index (χ2v) is 7.29. The zero-order valence-electron chi connectivity index (χ0n) is 17.2. The van der Waals surface area contributed by atoms with E-state index in [0.29, 0.717) is 6.54 Å². The fraction of sp³-hybridized carbons (Fsp3) is 0.391. The number of ether oxygens (including phenoxy) is 1. The van der Waals surface area contributed by atoms with Crippen molar-refractivity contribution in [2.75, 3.05) is 36.5 Å². The topological polar surface area (TPSA) is 61.9 Å². The molecule has 1 heterocycles. The van der Waals surface area contributed by atoms with Crippen molar-refractivity contribution in [3.8, 4) is 5.75 Å². The Morgan fingerprint density at radius 2 is 1.66 bits per heavy atom. The average molecular weight is 396 g/mol. The smallest absolute Gasteiger partial charge is 0.240 e. The Morgan fingerprint density at radius 3 is 2.24 bits per heavy atom. The van der Waals surface area contributed by atoms with Crippen molar-refractivity contribution in [3.63, 3.8) is 0 Å². The number of methoxy groups -OCH3 is 1. The maximum atomic E-state index is 12.4. The molecule has 1 aliphatic heterocycles. The summed E-state index contributed by atoms with van der Waals surface area (Å²) in [6.45, 7) is 4.03. The molecule has 2 aromatic rings. The molecule has 6 nitrogen and oxygen atoms in total. The van der Waals surface area contributed by atoms with Gasteiger partial charge in [0.05, 0.1) is 7.11 Å². The minimum Gasteiger partial charge on any atom is -0.497 e. The summed E-state index contributed by atoms with van der Waals surface area (Å²) in [5.74, 6) is 0.419. The molecule has 154 valence electrons. The van der Waals surface area contributed by atoms with Crippen LogP contribution in [0.4, 0.5) is 11.4 Å². The van der Waals surface area contributed by atoms with Crippen molar-refractivity contribution in [3.05, 3.63) is 54.1 Å². The van der Waals surface area contributed by atoms with Crippen molar-refractivity contribution in [1.82, 2.24) is 5.32 Å². The van der Waals surface area contributed by atoms with E-state index in [-0.39, 0.29) is 18.4 Å². The first-order valence-corrected chi connectivity index (χ1v) is 10.1. The molecule has 3 rings (SSSR count). The third-order valence-corrected chi connectivity index (χ3v) is 5.21. The average Bonchev–Trinajstić information content (AvgIpc) is 2.77. The van der Waals surface area contributed by atoms with Crippen LogP contribution < -0.4 is 19.9 Å². The van der Waals surface area contributed by atoms with E-state index in [9.17, 15) is 9.59 Å². The molecule has 0 unspecified atom stereocenters. The lowest BCUT2D eigenvalue weighted by Gasteiger charge is -2.29. The molecular weight excluding hydrogens is 366 g/mol. The highest BCUT2D eigenvalue weighted by Crippen LogP contribution is 2.23. The van der Waals surface area contributed by atoms with Crippen molar-refractivity contribution in [2.45, 2.75) is 32.7 Å². The van der Waals surface area contributed by atoms with E-state index in [1.54, 1.807) is 7.11 Å². The molecule has 2 aromatic carbocycles. The number of carbonyl (C=O) groups excluding carboxylic acids is 2. The van der Waals surface area contributed by atoms with Gasteiger partial charge in [0.25, 0.3) is 0 Å². The van der Waals surface area contributed by atoms with Crippen LogP contribution in [0.1, 0.15) is 31.7 Å². The molecule has 0 spiro atoms. The summed E-state index contributed by atoms with van der Waals surface area (Å²) in [6.07, 6.45) is 3.73. The zero-order valence-corrected chi connectivity index (χ0v) is 17.2. The first-order chi connectivity index (χ1) is 14.1. The van der Waals surface area contributed by atoms with Crippen LogP contribution in [0.5, 0.6) is 5.75 Å². The van der Waals surface area contributed by atoms with Gasteiger partial charge in [0, 0.05) is 37.9 Å². The van der Waals surface area contributed by atoms with Crippen LogP contribution in [0.2, 0.25) is 0 Å². The second-order valence-electron chi connectivity index (χ2n) is 7.29. The maximum absolute atomic E-state index is 12.4. The van der Waals surface area contributed by atoms with Gasteiger partial charge in [-0.2, -0.15) is 0 Å². The van der Waals surface area contributed by atoms with E-state index in [4.69, 9.17) is 4.74 Å². The summed E-state index contributed by atoms with van der Waals surface area (Å²) in [4.78, 5) is 28.4. The number of nitrogens with zero attached hydrogens (tertiary/aromatic N) is 2. The van der Waals surface area contributed by atoms with Crippen molar-refractivity contribution >= 4 is 23.2 Å². The summed E-state index contributed by atoms with van der Waals surface area (Å²) in [7, 11) is 1.62. The molecule has 1 aliphatic rings. The number of anilines is 2. The lowest BCUT2D eigenvalue weighted by molar-refractivity contribution is -0.123. The van der Waals surface area contributed by atoms with Gasteiger partial charge in [-0.1, -0.05) is 12.1 Å². The predicted octanol–water partition coefficient (Wildman–Crippen LogP) is 3.35. The van der Waals surface area contributed by atoms with E-state index in [2.05, 4.69) is 10.2 Å². The van der Waals surface area contributed by atoms with E-state index in [0.717, 1.165) is 30.1 Å². The number of hydrogen-bond donors (Lipinski definition) is 1. The van der Waals surface area contributed by atoms with Crippen LogP contribution in [0.15, 0.2) is 48.5 Å². The van der Waals surface area contributed by atoms with E-state index in [1.165, 1.54) is 36.8 Å². The summed E-state index contributed by atoms with van der Waals surface area (Å²) >= 11 is 0. The Balaban J connectivity index is 1.58. The third-order valence-electron chi connectivity index (χ3n) is 5.21. The van der Waals surface area contributed by atoms with E-state index >= 15 is 0 Å². The Hall–Kier alpha value is -3.02. The molecule has 1 fully saturated rings. The van der Waals surface area contributed by atoms with Gasteiger partial charge in [-0.25, -0.2) is 0 Å². The molecular formula is C23H29N3O3. The molecule has 0 atom stereocenters. The highest BCUT2D eigenvalue weighted by atomic mass is 16.5. The highest BCUT2D eigenvalue weighted by Gasteiger charge is 2.17. The predicted molar refractivity (Wildman–Crippen MR) is 115 cm³/mol. The second kappa shape index (κ2) is 9.96. The zero-order chi connectivity index (χ0) is 20.6. The first-order valence-electron chi connectivity index (χ1n) is 10.1. The molecule has 0 aromatic heterocycles. The number of rotatable bonds is 7. The van der Waals surface area contributed by atoms with Crippen molar-refractivity contribution in [2.24, 2.45) is 0 Å². The number of piperidine rings is 1. The van der Waals surface area contributed by atoms with Gasteiger partial charge in [0.2, 0.25) is 11.8 Å². The standard InChI is InChI=1S/C23H29N3O3/c1-18(27)26(17-23(28)24-16-19-6-12-22(29-2)13-7-19)21-10-8-20(9-11-21)25-14-4-3-5-15-25/h6-13H,3-5,14-17H2,1-2H3,(H,24,28). The molecule has 6 heteroatoms. The first kappa shape index (κ1) is 20.7. The lowest BCUT2D eigenvalue weighted by Crippen LogP contribution is -2.39. The van der Waals surface area contributed by atoms with Gasteiger partial charge in [-0.15, -0.1) is 0 Å². The molecule has 29 heavy (non-hydrogen) atoms. The van der Waals surface area contributed by atoms with Gasteiger partial charge in [-0.05, 0) is 61.2 Å². The monoisotopic (exact) mass is 395 g/mol. The summed E-state index contributed by atoms with van der Waals surface area (Å²) in [5.41, 5.74) is 2.87. The normalized spacial score (nSPS) is 13.7. The molecule has 0 bridgehead atoms. The van der Waals surface area contributed by atoms with Crippen LogP contribution >= 0.6 is 0 Å². The van der Waals surface area contributed by atoms with Crippen LogP contribution in [-0.4, -0.2) is 38.6 Å². The van der Waals surface area contributed by atoms with Crippen molar-refractivity contribution in [1.29, 1.82) is 0 Å². The summed E-state index contributed by atoms with van der Waals surface area (Å²) < 4.78 is 5.14. The fourth-order valence-electron chi connectivity index (χ4n) is 3.52. The Labute approximate surface area is 172 Å². The van der Waals surface area contributed by atoms with Crippen LogP contribution in [-0.2, 0) is 16.1 Å². The van der Waals surface area contributed by atoms with Gasteiger partial charge in [0.1, 0.15) is 12.3 Å². The summed E-state index contributed by atoms with van der Waals surface area (Å²) in [5, 5.41) is 2.87. The van der Waals surface area contributed by atoms with Gasteiger partial charge in [-0.3, -0.25) is 9.59 Å². The molecule has 1 saturated heterocycles. The summed E-state index contributed by atoms with van der Waals surface area (Å²) in [6, 6.07) is 15.4. The van der Waals surface area contributed by atoms with E-state index in [1.807, 2.05) is 48.5 Å². The van der Waals surface area contributed by atoms with Crippen molar-refractivity contribution < 1.29 is 14.3 Å². The minimum absolute atomic E-state index is 0.00541. The quantitative estimate of drug-likeness (QED) is 0.781. The number of hydrogen-bond acceptors (Lipinski definition) is 4. The molecule has 0 radical (unpaired) electrons. The largest absolute Gasteiger partial charge is 0.497 e. The van der Waals surface area contributed by atoms with Gasteiger partial charge < -0.3 is 19.9 Å². The fourth-order valence-corrected chi connectivity index (χ4v) is 3.52. The number of carbonyl (C=O) groups is 2. The third kappa shape index (κ3) is 5.73. The maximum Gasteiger partial charge on any atom is 0.240 e. The lowest BCUT2D eigenvalue weighted by atomic mass is 10.1. The van der Waals surface area contributed by atoms with Crippen LogP contribution in [0.3, 0.4) is 0 Å². The Kier molecular flexibility index (Phi) is 7.11. The SMILES string of the molecule is COc1ccc(CNC(=O)CN(C(C)=O)c2ccc(N3CCCCC3)cc2)cc1. The Bertz CT molecular complexity index is 812. The van der Waals surface area contributed by atoms with Crippen LogP contribution in [0, 0.1) is 0 Å². The van der Waals surface area contributed by atoms with Gasteiger partial charge in [0.15, 0.2) is 0 Å². The molecule has 1 N–H and O–H groups in total. The van der Waals surface area contributed by atoms with E-state index < -0.39 is 0 Å². The highest BCUT2D eigenvalue weighted by molar-refractivity contribution is 5.97. The number of benzene rings is 2.